The summed E-state index contributed by atoms with van der Waals surface area (Å²) in [4.78, 5) is 14.2. The molecular formula is C13H20N2O3. The molecule has 100 valence electrons. The lowest BCUT2D eigenvalue weighted by Crippen LogP contribution is -2.57. The Bertz CT molecular complexity index is 383. The molecule has 0 aromatic carbocycles. The Balaban J connectivity index is 2.04. The van der Waals surface area contributed by atoms with Crippen molar-refractivity contribution in [2.45, 2.75) is 31.8 Å². The Labute approximate surface area is 107 Å². The second kappa shape index (κ2) is 5.54. The lowest BCUT2D eigenvalue weighted by molar-refractivity contribution is -0.141. The molecule has 0 aliphatic carbocycles. The maximum absolute atomic E-state index is 12.5. The zero-order chi connectivity index (χ0) is 13.0. The third-order valence-electron chi connectivity index (χ3n) is 3.41. The van der Waals surface area contributed by atoms with Crippen molar-refractivity contribution in [3.63, 3.8) is 0 Å². The maximum Gasteiger partial charge on any atom is 0.243 e. The van der Waals surface area contributed by atoms with Crippen molar-refractivity contribution in [2.24, 2.45) is 5.73 Å². The third-order valence-corrected chi connectivity index (χ3v) is 3.41. The van der Waals surface area contributed by atoms with Gasteiger partial charge in [-0.1, -0.05) is 0 Å². The number of ether oxygens (including phenoxy) is 1. The van der Waals surface area contributed by atoms with Gasteiger partial charge in [-0.05, 0) is 31.9 Å². The minimum atomic E-state index is -0.777. The molecule has 0 radical (unpaired) electrons. The molecule has 0 bridgehead atoms. The van der Waals surface area contributed by atoms with Gasteiger partial charge in [-0.3, -0.25) is 4.79 Å². The molecule has 1 amide bonds. The smallest absolute Gasteiger partial charge is 0.243 e. The van der Waals surface area contributed by atoms with E-state index in [1.807, 2.05) is 19.1 Å². The SMILES string of the molecule is CCN(Cc1ccco1)C(=O)C1(N)CCOCC1. The van der Waals surface area contributed by atoms with Crippen LogP contribution in [-0.2, 0) is 16.1 Å². The number of nitrogens with zero attached hydrogens (tertiary/aromatic N) is 1. The highest BCUT2D eigenvalue weighted by molar-refractivity contribution is 5.86. The molecule has 1 aromatic heterocycles. The largest absolute Gasteiger partial charge is 0.467 e. The predicted octanol–water partition coefficient (Wildman–Crippen LogP) is 1.14. The Morgan fingerprint density at radius 2 is 2.22 bits per heavy atom. The van der Waals surface area contributed by atoms with Gasteiger partial charge in [0, 0.05) is 19.8 Å². The number of furan rings is 1. The summed E-state index contributed by atoms with van der Waals surface area (Å²) in [7, 11) is 0. The van der Waals surface area contributed by atoms with Crippen molar-refractivity contribution in [1.82, 2.24) is 4.90 Å². The van der Waals surface area contributed by atoms with E-state index in [4.69, 9.17) is 14.9 Å². The molecule has 0 spiro atoms. The number of carbonyl (C=O) groups excluding carboxylic acids is 1. The summed E-state index contributed by atoms with van der Waals surface area (Å²) < 4.78 is 10.5. The van der Waals surface area contributed by atoms with Crippen LogP contribution in [0.1, 0.15) is 25.5 Å². The van der Waals surface area contributed by atoms with Crippen LogP contribution in [0.25, 0.3) is 0 Å². The highest BCUT2D eigenvalue weighted by atomic mass is 16.5. The Morgan fingerprint density at radius 1 is 1.50 bits per heavy atom. The zero-order valence-corrected chi connectivity index (χ0v) is 10.7. The molecular weight excluding hydrogens is 232 g/mol. The normalized spacial score (nSPS) is 18.6. The van der Waals surface area contributed by atoms with E-state index in [2.05, 4.69) is 0 Å². The van der Waals surface area contributed by atoms with Gasteiger partial charge < -0.3 is 19.8 Å². The van der Waals surface area contributed by atoms with Gasteiger partial charge in [-0.15, -0.1) is 0 Å². The first-order chi connectivity index (χ1) is 8.65. The standard InChI is InChI=1S/C13H20N2O3/c1-2-15(10-11-4-3-7-18-11)12(16)13(14)5-8-17-9-6-13/h3-4,7H,2,5-6,8-10,14H2,1H3. The van der Waals surface area contributed by atoms with Crippen LogP contribution in [0.4, 0.5) is 0 Å². The van der Waals surface area contributed by atoms with Gasteiger partial charge in [0.1, 0.15) is 5.76 Å². The zero-order valence-electron chi connectivity index (χ0n) is 10.7. The average molecular weight is 252 g/mol. The van der Waals surface area contributed by atoms with Gasteiger partial charge >= 0.3 is 0 Å². The summed E-state index contributed by atoms with van der Waals surface area (Å²) in [6, 6.07) is 3.68. The van der Waals surface area contributed by atoms with Gasteiger partial charge in [-0.2, -0.15) is 0 Å². The summed E-state index contributed by atoms with van der Waals surface area (Å²) in [6.07, 6.45) is 2.78. The topological polar surface area (TPSA) is 68.7 Å². The van der Waals surface area contributed by atoms with Crippen molar-refractivity contribution in [3.05, 3.63) is 24.2 Å². The Hall–Kier alpha value is -1.33. The predicted molar refractivity (Wildman–Crippen MR) is 66.8 cm³/mol. The van der Waals surface area contributed by atoms with Crippen LogP contribution >= 0.6 is 0 Å². The van der Waals surface area contributed by atoms with Crippen molar-refractivity contribution < 1.29 is 13.9 Å². The molecule has 1 saturated heterocycles. The molecule has 1 fully saturated rings. The Kier molecular flexibility index (Phi) is 4.04. The summed E-state index contributed by atoms with van der Waals surface area (Å²) in [6.45, 7) is 4.16. The molecule has 1 aliphatic rings. The molecule has 1 aromatic rings. The van der Waals surface area contributed by atoms with E-state index >= 15 is 0 Å². The Morgan fingerprint density at radius 3 is 2.78 bits per heavy atom. The number of amides is 1. The molecule has 2 N–H and O–H groups in total. The van der Waals surface area contributed by atoms with Crippen molar-refractivity contribution >= 4 is 5.91 Å². The number of carbonyl (C=O) groups is 1. The van der Waals surface area contributed by atoms with Crippen molar-refractivity contribution in [3.8, 4) is 0 Å². The molecule has 0 unspecified atom stereocenters. The fraction of sp³-hybridized carbons (Fsp3) is 0.615. The average Bonchev–Trinajstić information content (AvgIpc) is 2.89. The number of likely N-dealkylation sites (N-methyl/N-ethyl adjacent to an activating group) is 1. The first-order valence-corrected chi connectivity index (χ1v) is 6.34. The molecule has 5 nitrogen and oxygen atoms in total. The lowest BCUT2D eigenvalue weighted by atomic mass is 9.89. The minimum absolute atomic E-state index is 0.00954. The van der Waals surface area contributed by atoms with Crippen LogP contribution in [0.15, 0.2) is 22.8 Å². The highest BCUT2D eigenvalue weighted by Gasteiger charge is 2.38. The maximum atomic E-state index is 12.5. The van der Waals surface area contributed by atoms with Crippen LogP contribution in [0, 0.1) is 0 Å². The first kappa shape index (κ1) is 13.1. The van der Waals surface area contributed by atoms with E-state index in [1.54, 1.807) is 11.2 Å². The molecule has 5 heteroatoms. The van der Waals surface area contributed by atoms with E-state index in [-0.39, 0.29) is 5.91 Å². The van der Waals surface area contributed by atoms with Crippen LogP contribution in [0.5, 0.6) is 0 Å². The number of rotatable bonds is 4. The van der Waals surface area contributed by atoms with Gasteiger partial charge in [0.15, 0.2) is 0 Å². The van der Waals surface area contributed by atoms with Crippen LogP contribution in [0.3, 0.4) is 0 Å². The minimum Gasteiger partial charge on any atom is -0.467 e. The fourth-order valence-corrected chi connectivity index (χ4v) is 2.18. The highest BCUT2D eigenvalue weighted by Crippen LogP contribution is 2.21. The van der Waals surface area contributed by atoms with Gasteiger partial charge in [0.25, 0.3) is 0 Å². The molecule has 0 atom stereocenters. The van der Waals surface area contributed by atoms with Crippen molar-refractivity contribution in [1.29, 1.82) is 0 Å². The first-order valence-electron chi connectivity index (χ1n) is 6.34. The van der Waals surface area contributed by atoms with E-state index < -0.39 is 5.54 Å². The summed E-state index contributed by atoms with van der Waals surface area (Å²) in [5.74, 6) is 0.769. The second-order valence-electron chi connectivity index (χ2n) is 4.67. The molecule has 2 heterocycles. The quantitative estimate of drug-likeness (QED) is 0.872. The fourth-order valence-electron chi connectivity index (χ4n) is 2.18. The van der Waals surface area contributed by atoms with Crippen LogP contribution < -0.4 is 5.73 Å². The molecule has 18 heavy (non-hydrogen) atoms. The summed E-state index contributed by atoms with van der Waals surface area (Å²) >= 11 is 0. The lowest BCUT2D eigenvalue weighted by Gasteiger charge is -2.36. The molecule has 0 saturated carbocycles. The van der Waals surface area contributed by atoms with Crippen LogP contribution in [0.2, 0.25) is 0 Å². The van der Waals surface area contributed by atoms with E-state index in [0.29, 0.717) is 39.1 Å². The van der Waals surface area contributed by atoms with E-state index in [1.165, 1.54) is 0 Å². The third kappa shape index (κ3) is 2.73. The monoisotopic (exact) mass is 252 g/mol. The van der Waals surface area contributed by atoms with E-state index in [9.17, 15) is 4.79 Å². The van der Waals surface area contributed by atoms with Crippen molar-refractivity contribution in [2.75, 3.05) is 19.8 Å². The van der Waals surface area contributed by atoms with Gasteiger partial charge in [-0.25, -0.2) is 0 Å². The summed E-state index contributed by atoms with van der Waals surface area (Å²) in [5.41, 5.74) is 5.43. The molecule has 2 rings (SSSR count). The number of nitrogens with two attached hydrogens (primary N) is 1. The number of hydrogen-bond acceptors (Lipinski definition) is 4. The van der Waals surface area contributed by atoms with Gasteiger partial charge in [0.05, 0.1) is 18.3 Å². The number of hydrogen-bond donors (Lipinski definition) is 1. The van der Waals surface area contributed by atoms with Gasteiger partial charge in [0.2, 0.25) is 5.91 Å². The summed E-state index contributed by atoms with van der Waals surface area (Å²) in [5, 5.41) is 0. The second-order valence-corrected chi connectivity index (χ2v) is 4.67. The van der Waals surface area contributed by atoms with E-state index in [0.717, 1.165) is 5.76 Å². The van der Waals surface area contributed by atoms with Crippen LogP contribution in [-0.4, -0.2) is 36.1 Å². The molecule has 1 aliphatic heterocycles.